The summed E-state index contributed by atoms with van der Waals surface area (Å²) in [5, 5.41) is 4.15. The highest BCUT2D eigenvalue weighted by Crippen LogP contribution is 2.34. The fraction of sp³-hybridized carbons (Fsp3) is 0.375. The number of amides is 1. The molecule has 1 saturated heterocycles. The van der Waals surface area contributed by atoms with Crippen molar-refractivity contribution in [1.82, 2.24) is 14.7 Å². The van der Waals surface area contributed by atoms with Gasteiger partial charge in [-0.25, -0.2) is 8.78 Å². The summed E-state index contributed by atoms with van der Waals surface area (Å²) in [5.74, 6) is -2.53. The molecule has 0 aliphatic carbocycles. The van der Waals surface area contributed by atoms with Gasteiger partial charge in [0.25, 0.3) is 5.91 Å². The maximum Gasteiger partial charge on any atom is 0.256 e. The van der Waals surface area contributed by atoms with Crippen molar-refractivity contribution in [3.8, 4) is 0 Å². The molecule has 0 spiro atoms. The first-order valence-corrected chi connectivity index (χ1v) is 7.88. The zero-order valence-corrected chi connectivity index (χ0v) is 13.4. The average Bonchev–Trinajstić information content (AvgIpc) is 3.17. The number of nitrogens with zero attached hydrogens (tertiary/aromatic N) is 3. The molecule has 1 atom stereocenters. The normalized spacial score (nSPS) is 17.7. The summed E-state index contributed by atoms with van der Waals surface area (Å²) < 4.78 is 28.5. The fourth-order valence-electron chi connectivity index (χ4n) is 3.05. The number of benzene rings is 1. The zero-order valence-electron chi connectivity index (χ0n) is 12.6. The Morgan fingerprint density at radius 1 is 1.39 bits per heavy atom. The third kappa shape index (κ3) is 2.83. The minimum Gasteiger partial charge on any atom is -0.330 e. The summed E-state index contributed by atoms with van der Waals surface area (Å²) in [6.45, 7) is 3.23. The van der Waals surface area contributed by atoms with Crippen LogP contribution in [-0.4, -0.2) is 27.1 Å². The molecule has 1 fully saturated rings. The molecule has 1 aromatic carbocycles. The molecule has 4 nitrogen and oxygen atoms in total. The predicted molar refractivity (Wildman–Crippen MR) is 82.3 cm³/mol. The molecule has 1 aliphatic heterocycles. The highest BCUT2D eigenvalue weighted by molar-refractivity contribution is 6.33. The third-order valence-electron chi connectivity index (χ3n) is 4.14. The minimum absolute atomic E-state index is 0.0139. The molecule has 2 aromatic rings. The number of carbonyl (C=O) groups is 1. The molecule has 1 aromatic heterocycles. The first-order chi connectivity index (χ1) is 11.0. The Balaban J connectivity index is 1.94. The van der Waals surface area contributed by atoms with Gasteiger partial charge in [0.2, 0.25) is 0 Å². The van der Waals surface area contributed by atoms with E-state index in [0.29, 0.717) is 13.1 Å². The van der Waals surface area contributed by atoms with E-state index >= 15 is 0 Å². The molecule has 0 N–H and O–H groups in total. The molecule has 122 valence electrons. The third-order valence-corrected chi connectivity index (χ3v) is 4.46. The van der Waals surface area contributed by atoms with Crippen molar-refractivity contribution >= 4 is 17.5 Å². The van der Waals surface area contributed by atoms with Crippen molar-refractivity contribution in [3.63, 3.8) is 0 Å². The topological polar surface area (TPSA) is 38.1 Å². The van der Waals surface area contributed by atoms with Crippen molar-refractivity contribution in [2.75, 3.05) is 6.54 Å². The van der Waals surface area contributed by atoms with Crippen molar-refractivity contribution in [2.24, 2.45) is 0 Å². The first-order valence-electron chi connectivity index (χ1n) is 7.50. The largest absolute Gasteiger partial charge is 0.330 e. The van der Waals surface area contributed by atoms with Crippen LogP contribution >= 0.6 is 11.6 Å². The second-order valence-electron chi connectivity index (χ2n) is 5.47. The Morgan fingerprint density at radius 3 is 2.87 bits per heavy atom. The molecule has 1 amide bonds. The van der Waals surface area contributed by atoms with Crippen LogP contribution in [-0.2, 0) is 6.54 Å². The summed E-state index contributed by atoms with van der Waals surface area (Å²) >= 11 is 5.93. The van der Waals surface area contributed by atoms with Gasteiger partial charge in [0.15, 0.2) is 11.6 Å². The first kappa shape index (κ1) is 15.9. The van der Waals surface area contributed by atoms with Crippen LogP contribution in [0.3, 0.4) is 0 Å². The number of hydrogen-bond donors (Lipinski definition) is 0. The lowest BCUT2D eigenvalue weighted by molar-refractivity contribution is 0.0729. The highest BCUT2D eigenvalue weighted by atomic mass is 35.5. The van der Waals surface area contributed by atoms with Gasteiger partial charge in [-0.3, -0.25) is 9.48 Å². The van der Waals surface area contributed by atoms with Gasteiger partial charge in [-0.15, -0.1) is 0 Å². The van der Waals surface area contributed by atoms with E-state index in [1.807, 2.05) is 17.7 Å². The standard InChI is InChI=1S/C16H16ClF2N3O/c1-2-22-15(5-6-20-22)14-4-3-7-21(14)16(23)10-8-12(18)13(19)9-11(10)17/h5-6,8-9,14H,2-4,7H2,1H3/t14-/m1/s1. The molecule has 2 heterocycles. The summed E-state index contributed by atoms with van der Waals surface area (Å²) in [6.07, 6.45) is 3.34. The smallest absolute Gasteiger partial charge is 0.256 e. The van der Waals surface area contributed by atoms with Crippen molar-refractivity contribution in [2.45, 2.75) is 32.4 Å². The molecular weight excluding hydrogens is 324 g/mol. The van der Waals surface area contributed by atoms with Crippen molar-refractivity contribution in [3.05, 3.63) is 52.3 Å². The maximum absolute atomic E-state index is 13.5. The monoisotopic (exact) mass is 339 g/mol. The second kappa shape index (κ2) is 6.28. The van der Waals surface area contributed by atoms with Crippen LogP contribution in [0.5, 0.6) is 0 Å². The molecule has 0 saturated carbocycles. The molecular formula is C16H16ClF2N3O. The van der Waals surface area contributed by atoms with Crippen LogP contribution in [0.25, 0.3) is 0 Å². The molecule has 7 heteroatoms. The number of halogens is 3. The highest BCUT2D eigenvalue weighted by Gasteiger charge is 2.33. The van der Waals surface area contributed by atoms with Gasteiger partial charge in [0.1, 0.15) is 0 Å². The van der Waals surface area contributed by atoms with E-state index < -0.39 is 11.6 Å². The fourth-order valence-corrected chi connectivity index (χ4v) is 3.28. The zero-order chi connectivity index (χ0) is 16.6. The van der Waals surface area contributed by atoms with E-state index in [0.717, 1.165) is 30.7 Å². The lowest BCUT2D eigenvalue weighted by Gasteiger charge is -2.25. The Morgan fingerprint density at radius 2 is 2.13 bits per heavy atom. The van der Waals surface area contributed by atoms with Gasteiger partial charge in [-0.1, -0.05) is 11.6 Å². The van der Waals surface area contributed by atoms with E-state index in [4.69, 9.17) is 11.6 Å². The van der Waals surface area contributed by atoms with Gasteiger partial charge in [0, 0.05) is 19.3 Å². The van der Waals surface area contributed by atoms with Crippen LogP contribution in [0.2, 0.25) is 5.02 Å². The predicted octanol–water partition coefficient (Wildman–Crippen LogP) is 3.81. The quantitative estimate of drug-likeness (QED) is 0.797. The van der Waals surface area contributed by atoms with E-state index in [9.17, 15) is 13.6 Å². The Kier molecular flexibility index (Phi) is 4.35. The number of aryl methyl sites for hydroxylation is 1. The lowest BCUT2D eigenvalue weighted by atomic mass is 10.1. The molecule has 23 heavy (non-hydrogen) atoms. The van der Waals surface area contributed by atoms with Crippen LogP contribution < -0.4 is 0 Å². The summed E-state index contributed by atoms with van der Waals surface area (Å²) in [4.78, 5) is 14.4. The van der Waals surface area contributed by atoms with E-state index in [2.05, 4.69) is 5.10 Å². The number of rotatable bonds is 3. The second-order valence-corrected chi connectivity index (χ2v) is 5.88. The van der Waals surface area contributed by atoms with Crippen molar-refractivity contribution < 1.29 is 13.6 Å². The molecule has 0 unspecified atom stereocenters. The van der Waals surface area contributed by atoms with Crippen LogP contribution in [0.1, 0.15) is 41.9 Å². The molecule has 3 rings (SSSR count). The Bertz CT molecular complexity index is 747. The summed E-state index contributed by atoms with van der Waals surface area (Å²) in [7, 11) is 0. The Labute approximate surface area is 137 Å². The van der Waals surface area contributed by atoms with Gasteiger partial charge in [0.05, 0.1) is 22.3 Å². The minimum atomic E-state index is -1.08. The van der Waals surface area contributed by atoms with Crippen molar-refractivity contribution in [1.29, 1.82) is 0 Å². The number of aromatic nitrogens is 2. The van der Waals surface area contributed by atoms with Gasteiger partial charge in [-0.05, 0) is 38.0 Å². The molecule has 0 bridgehead atoms. The number of likely N-dealkylation sites (tertiary alicyclic amines) is 1. The SMILES string of the molecule is CCn1nccc1[C@H]1CCCN1C(=O)c1cc(F)c(F)cc1Cl. The number of hydrogen-bond acceptors (Lipinski definition) is 2. The molecule has 1 aliphatic rings. The van der Waals surface area contributed by atoms with Crippen LogP contribution in [0.4, 0.5) is 8.78 Å². The van der Waals surface area contributed by atoms with Gasteiger partial charge in [-0.2, -0.15) is 5.10 Å². The maximum atomic E-state index is 13.5. The van der Waals surface area contributed by atoms with Gasteiger partial charge >= 0.3 is 0 Å². The lowest BCUT2D eigenvalue weighted by Crippen LogP contribution is -2.32. The molecule has 0 radical (unpaired) electrons. The summed E-state index contributed by atoms with van der Waals surface area (Å²) in [5.41, 5.74) is 0.928. The van der Waals surface area contributed by atoms with Crippen LogP contribution in [0.15, 0.2) is 24.4 Å². The van der Waals surface area contributed by atoms with E-state index in [1.165, 1.54) is 0 Å². The average molecular weight is 340 g/mol. The van der Waals surface area contributed by atoms with Gasteiger partial charge < -0.3 is 4.90 Å². The Hall–Kier alpha value is -1.95. The van der Waals surface area contributed by atoms with E-state index in [-0.39, 0.29) is 22.5 Å². The van der Waals surface area contributed by atoms with Crippen LogP contribution in [0, 0.1) is 11.6 Å². The van der Waals surface area contributed by atoms with E-state index in [1.54, 1.807) is 11.1 Å². The number of carbonyl (C=O) groups excluding carboxylic acids is 1. The summed E-state index contributed by atoms with van der Waals surface area (Å²) in [6, 6.07) is 3.46.